The number of hydrogen-bond acceptors (Lipinski definition) is 2. The van der Waals surface area contributed by atoms with E-state index in [0.29, 0.717) is 5.56 Å². The lowest BCUT2D eigenvalue weighted by Gasteiger charge is -2.21. The number of imidazole rings is 1. The van der Waals surface area contributed by atoms with Crippen molar-refractivity contribution < 1.29 is 4.39 Å². The lowest BCUT2D eigenvalue weighted by atomic mass is 10.1. The van der Waals surface area contributed by atoms with Crippen LogP contribution in [0.4, 0.5) is 4.39 Å². The van der Waals surface area contributed by atoms with Crippen LogP contribution >= 0.6 is 15.9 Å². The molecule has 0 aliphatic rings. The largest absolute Gasteiger partial charge is 0.347 e. The fourth-order valence-electron chi connectivity index (χ4n) is 2.10. The van der Waals surface area contributed by atoms with Crippen LogP contribution in [0.1, 0.15) is 43.7 Å². The average Bonchev–Trinajstić information content (AvgIpc) is 2.92. The van der Waals surface area contributed by atoms with Gasteiger partial charge in [-0.2, -0.15) is 0 Å². The van der Waals surface area contributed by atoms with Crippen LogP contribution in [0.3, 0.4) is 0 Å². The molecule has 2 aromatic rings. The quantitative estimate of drug-likeness (QED) is 0.868. The molecular formula is C14H17BrFN3. The molecule has 0 bridgehead atoms. The SMILES string of the molecule is CCC(NC(C)c1cc(Br)ccc1F)c1ncc[nH]1. The first-order valence-electron chi connectivity index (χ1n) is 6.32. The fraction of sp³-hybridized carbons (Fsp3) is 0.357. The Bertz CT molecular complexity index is 527. The van der Waals surface area contributed by atoms with Crippen LogP contribution in [-0.2, 0) is 0 Å². The summed E-state index contributed by atoms with van der Waals surface area (Å²) in [4.78, 5) is 7.35. The van der Waals surface area contributed by atoms with Crippen molar-refractivity contribution in [3.05, 3.63) is 52.3 Å². The van der Waals surface area contributed by atoms with E-state index < -0.39 is 0 Å². The minimum atomic E-state index is -0.197. The maximum Gasteiger partial charge on any atom is 0.128 e. The van der Waals surface area contributed by atoms with Gasteiger partial charge in [0.05, 0.1) is 6.04 Å². The van der Waals surface area contributed by atoms with E-state index in [4.69, 9.17) is 0 Å². The van der Waals surface area contributed by atoms with E-state index in [1.54, 1.807) is 18.5 Å². The predicted molar refractivity (Wildman–Crippen MR) is 77.3 cm³/mol. The third-order valence-electron chi connectivity index (χ3n) is 3.13. The fourth-order valence-corrected chi connectivity index (χ4v) is 2.47. The van der Waals surface area contributed by atoms with E-state index in [1.807, 2.05) is 13.0 Å². The molecule has 0 spiro atoms. The van der Waals surface area contributed by atoms with Gasteiger partial charge in [-0.05, 0) is 31.5 Å². The van der Waals surface area contributed by atoms with Gasteiger partial charge in [-0.1, -0.05) is 22.9 Å². The summed E-state index contributed by atoms with van der Waals surface area (Å²) in [6.07, 6.45) is 4.40. The Morgan fingerprint density at radius 3 is 2.89 bits per heavy atom. The van der Waals surface area contributed by atoms with Crippen LogP contribution in [-0.4, -0.2) is 9.97 Å². The number of hydrogen-bond donors (Lipinski definition) is 2. The minimum Gasteiger partial charge on any atom is -0.347 e. The maximum absolute atomic E-state index is 13.8. The first kappa shape index (κ1) is 14.2. The number of nitrogens with one attached hydrogen (secondary N) is 2. The van der Waals surface area contributed by atoms with Crippen molar-refractivity contribution >= 4 is 15.9 Å². The van der Waals surface area contributed by atoms with Crippen LogP contribution in [0.2, 0.25) is 0 Å². The first-order valence-corrected chi connectivity index (χ1v) is 7.11. The van der Waals surface area contributed by atoms with Crippen molar-refractivity contribution in [1.29, 1.82) is 0 Å². The van der Waals surface area contributed by atoms with Crippen molar-refractivity contribution in [2.24, 2.45) is 0 Å². The molecule has 19 heavy (non-hydrogen) atoms. The summed E-state index contributed by atoms with van der Waals surface area (Å²) < 4.78 is 14.7. The summed E-state index contributed by atoms with van der Waals surface area (Å²) >= 11 is 3.37. The van der Waals surface area contributed by atoms with Gasteiger partial charge in [-0.25, -0.2) is 9.37 Å². The van der Waals surface area contributed by atoms with E-state index in [1.165, 1.54) is 6.07 Å². The summed E-state index contributed by atoms with van der Waals surface area (Å²) in [5, 5.41) is 3.40. The predicted octanol–water partition coefficient (Wildman–Crippen LogP) is 4.11. The molecule has 1 heterocycles. The van der Waals surface area contributed by atoms with Gasteiger partial charge in [-0.15, -0.1) is 0 Å². The van der Waals surface area contributed by atoms with E-state index in [2.05, 4.69) is 38.1 Å². The molecule has 1 aromatic carbocycles. The summed E-state index contributed by atoms with van der Waals surface area (Å²) in [6.45, 7) is 4.03. The average molecular weight is 326 g/mol. The Morgan fingerprint density at radius 2 is 2.26 bits per heavy atom. The van der Waals surface area contributed by atoms with Gasteiger partial charge >= 0.3 is 0 Å². The number of rotatable bonds is 5. The molecule has 0 radical (unpaired) electrons. The van der Waals surface area contributed by atoms with Gasteiger partial charge in [0.1, 0.15) is 11.6 Å². The van der Waals surface area contributed by atoms with Gasteiger partial charge in [-0.3, -0.25) is 0 Å². The smallest absolute Gasteiger partial charge is 0.128 e. The molecule has 2 atom stereocenters. The van der Waals surface area contributed by atoms with Crippen LogP contribution in [0.25, 0.3) is 0 Å². The van der Waals surface area contributed by atoms with Gasteiger partial charge in [0.15, 0.2) is 0 Å². The molecule has 0 saturated heterocycles. The van der Waals surface area contributed by atoms with E-state index in [0.717, 1.165) is 16.7 Å². The normalized spacial score (nSPS) is 14.3. The second-order valence-electron chi connectivity index (χ2n) is 4.49. The van der Waals surface area contributed by atoms with Gasteiger partial charge in [0.2, 0.25) is 0 Å². The molecule has 0 aliphatic carbocycles. The van der Waals surface area contributed by atoms with E-state index in [-0.39, 0.29) is 17.9 Å². The summed E-state index contributed by atoms with van der Waals surface area (Å²) in [6, 6.07) is 4.99. The monoisotopic (exact) mass is 325 g/mol. The van der Waals surface area contributed by atoms with Crippen molar-refractivity contribution in [3.8, 4) is 0 Å². The van der Waals surface area contributed by atoms with Crippen LogP contribution in [0.5, 0.6) is 0 Å². The molecule has 3 nitrogen and oxygen atoms in total. The zero-order valence-electron chi connectivity index (χ0n) is 11.0. The number of aromatic amines is 1. The highest BCUT2D eigenvalue weighted by Gasteiger charge is 2.18. The molecule has 0 aliphatic heterocycles. The molecule has 0 amide bonds. The third-order valence-corrected chi connectivity index (χ3v) is 3.63. The molecule has 2 N–H and O–H groups in total. The number of H-pyrrole nitrogens is 1. The lowest BCUT2D eigenvalue weighted by molar-refractivity contribution is 0.429. The van der Waals surface area contributed by atoms with E-state index >= 15 is 0 Å². The van der Waals surface area contributed by atoms with Crippen molar-refractivity contribution in [2.75, 3.05) is 0 Å². The maximum atomic E-state index is 13.8. The molecular weight excluding hydrogens is 309 g/mol. The van der Waals surface area contributed by atoms with Crippen LogP contribution in [0.15, 0.2) is 35.1 Å². The number of benzene rings is 1. The number of aromatic nitrogens is 2. The highest BCUT2D eigenvalue weighted by Crippen LogP contribution is 2.24. The van der Waals surface area contributed by atoms with Gasteiger partial charge in [0.25, 0.3) is 0 Å². The summed E-state index contributed by atoms with van der Waals surface area (Å²) in [5.41, 5.74) is 0.652. The zero-order valence-corrected chi connectivity index (χ0v) is 12.5. The van der Waals surface area contributed by atoms with Gasteiger partial charge < -0.3 is 10.3 Å². The molecule has 1 aromatic heterocycles. The Labute approximate surface area is 120 Å². The van der Waals surface area contributed by atoms with Crippen molar-refractivity contribution in [3.63, 3.8) is 0 Å². The Morgan fingerprint density at radius 1 is 1.47 bits per heavy atom. The molecule has 5 heteroatoms. The summed E-state index contributed by atoms with van der Waals surface area (Å²) in [5.74, 6) is 0.683. The Hall–Kier alpha value is -1.20. The minimum absolute atomic E-state index is 0.0865. The molecule has 102 valence electrons. The second kappa shape index (κ2) is 6.30. The van der Waals surface area contributed by atoms with Crippen LogP contribution < -0.4 is 5.32 Å². The van der Waals surface area contributed by atoms with Crippen molar-refractivity contribution in [1.82, 2.24) is 15.3 Å². The third kappa shape index (κ3) is 3.42. The van der Waals surface area contributed by atoms with Gasteiger partial charge in [0, 0.05) is 28.5 Å². The number of halogens is 2. The molecule has 0 saturated carbocycles. The number of nitrogens with zero attached hydrogens (tertiary/aromatic N) is 1. The standard InChI is InChI=1S/C14H17BrFN3/c1-3-13(14-17-6-7-18-14)19-9(2)11-8-10(15)4-5-12(11)16/h4-9,13,19H,3H2,1-2H3,(H,17,18). The zero-order chi connectivity index (χ0) is 13.8. The van der Waals surface area contributed by atoms with Crippen LogP contribution in [0, 0.1) is 5.82 Å². The summed E-state index contributed by atoms with van der Waals surface area (Å²) in [7, 11) is 0. The highest BCUT2D eigenvalue weighted by atomic mass is 79.9. The van der Waals surface area contributed by atoms with Crippen molar-refractivity contribution in [2.45, 2.75) is 32.4 Å². The second-order valence-corrected chi connectivity index (χ2v) is 5.41. The highest BCUT2D eigenvalue weighted by molar-refractivity contribution is 9.10. The first-order chi connectivity index (χ1) is 9.11. The lowest BCUT2D eigenvalue weighted by Crippen LogP contribution is -2.25. The Balaban J connectivity index is 2.15. The molecule has 2 rings (SSSR count). The topological polar surface area (TPSA) is 40.7 Å². The molecule has 2 unspecified atom stereocenters. The van der Waals surface area contributed by atoms with E-state index in [9.17, 15) is 4.39 Å². The molecule has 0 fully saturated rings. The Kier molecular flexibility index (Phi) is 4.71.